The van der Waals surface area contributed by atoms with Crippen molar-refractivity contribution < 1.29 is 14.1 Å². The highest BCUT2D eigenvalue weighted by atomic mass is 35.5. The van der Waals surface area contributed by atoms with Crippen molar-refractivity contribution in [2.24, 2.45) is 0 Å². The summed E-state index contributed by atoms with van der Waals surface area (Å²) < 4.78 is 5.40. The summed E-state index contributed by atoms with van der Waals surface area (Å²) in [7, 11) is 0. The number of rotatable bonds is 5. The Hall–Kier alpha value is -2.34. The van der Waals surface area contributed by atoms with E-state index in [0.29, 0.717) is 5.76 Å². The summed E-state index contributed by atoms with van der Waals surface area (Å²) in [6, 6.07) is 7.43. The maximum atomic E-state index is 12.9. The van der Waals surface area contributed by atoms with Crippen molar-refractivity contribution >= 4 is 23.2 Å². The van der Waals surface area contributed by atoms with Crippen molar-refractivity contribution in [2.45, 2.75) is 31.8 Å². The zero-order chi connectivity index (χ0) is 16.6. The Kier molecular flexibility index (Phi) is 4.09. The minimum Gasteiger partial charge on any atom is -0.467 e. The van der Waals surface area contributed by atoms with Crippen LogP contribution < -0.4 is 0 Å². The third-order valence-corrected chi connectivity index (χ3v) is 4.25. The van der Waals surface area contributed by atoms with Crippen LogP contribution in [-0.2, 0) is 0 Å². The molecule has 1 aromatic carbocycles. The average molecular weight is 335 g/mol. The second kappa shape index (κ2) is 6.04. The van der Waals surface area contributed by atoms with Crippen LogP contribution in [0.25, 0.3) is 0 Å². The van der Waals surface area contributed by atoms with Gasteiger partial charge in [-0.15, -0.1) is 0 Å². The summed E-state index contributed by atoms with van der Waals surface area (Å²) in [5.74, 6) is 0.458. The Morgan fingerprint density at radius 2 is 2.17 bits per heavy atom. The van der Waals surface area contributed by atoms with E-state index in [1.54, 1.807) is 17.2 Å². The molecule has 0 bridgehead atoms. The number of nitrogens with zero attached hydrogens (tertiary/aromatic N) is 2. The van der Waals surface area contributed by atoms with Crippen molar-refractivity contribution in [3.8, 4) is 0 Å². The van der Waals surface area contributed by atoms with Gasteiger partial charge in [0.1, 0.15) is 5.76 Å². The molecule has 1 atom stereocenters. The van der Waals surface area contributed by atoms with E-state index in [-0.39, 0.29) is 34.3 Å². The average Bonchev–Trinajstić information content (AvgIpc) is 3.19. The predicted molar refractivity (Wildman–Crippen MR) is 84.4 cm³/mol. The van der Waals surface area contributed by atoms with E-state index in [1.165, 1.54) is 18.2 Å². The molecule has 0 radical (unpaired) electrons. The van der Waals surface area contributed by atoms with Gasteiger partial charge in [-0.25, -0.2) is 0 Å². The molecule has 6 nitrogen and oxygen atoms in total. The van der Waals surface area contributed by atoms with Crippen LogP contribution in [0.5, 0.6) is 0 Å². The Morgan fingerprint density at radius 1 is 1.43 bits per heavy atom. The Labute approximate surface area is 137 Å². The van der Waals surface area contributed by atoms with Crippen LogP contribution >= 0.6 is 11.6 Å². The molecule has 0 N–H and O–H groups in total. The number of amides is 1. The van der Waals surface area contributed by atoms with Gasteiger partial charge < -0.3 is 9.32 Å². The summed E-state index contributed by atoms with van der Waals surface area (Å²) in [4.78, 5) is 24.9. The largest absolute Gasteiger partial charge is 0.467 e. The first-order valence-electron chi connectivity index (χ1n) is 7.29. The van der Waals surface area contributed by atoms with Crippen LogP contribution in [0.2, 0.25) is 5.02 Å². The van der Waals surface area contributed by atoms with Gasteiger partial charge in [-0.3, -0.25) is 14.9 Å². The molecule has 1 fully saturated rings. The highest BCUT2D eigenvalue weighted by Gasteiger charge is 2.38. The number of hydrogen-bond donors (Lipinski definition) is 0. The predicted octanol–water partition coefficient (Wildman–Crippen LogP) is 4.21. The first-order valence-corrected chi connectivity index (χ1v) is 7.67. The number of furan rings is 1. The molecular formula is C16H15ClN2O4. The van der Waals surface area contributed by atoms with E-state index in [4.69, 9.17) is 16.0 Å². The van der Waals surface area contributed by atoms with E-state index in [2.05, 4.69) is 0 Å². The molecule has 23 heavy (non-hydrogen) atoms. The molecule has 0 spiro atoms. The SMILES string of the molecule is CC(c1ccco1)N(C(=O)c1ccc([N+](=O)[O-])cc1Cl)C1CC1. The molecule has 2 aromatic rings. The molecule has 7 heteroatoms. The third kappa shape index (κ3) is 3.07. The van der Waals surface area contributed by atoms with Crippen LogP contribution in [0, 0.1) is 10.1 Å². The summed E-state index contributed by atoms with van der Waals surface area (Å²) in [5.41, 5.74) is 0.131. The van der Waals surface area contributed by atoms with Crippen molar-refractivity contribution in [1.82, 2.24) is 4.90 Å². The van der Waals surface area contributed by atoms with Gasteiger partial charge in [-0.05, 0) is 38.0 Å². The minimum absolute atomic E-state index is 0.0847. The number of nitro benzene ring substituents is 1. The van der Waals surface area contributed by atoms with Crippen LogP contribution in [0.3, 0.4) is 0 Å². The monoisotopic (exact) mass is 334 g/mol. The molecule has 0 aliphatic heterocycles. The van der Waals surface area contributed by atoms with Crippen LogP contribution in [0.1, 0.15) is 41.9 Å². The summed E-state index contributed by atoms with van der Waals surface area (Å²) >= 11 is 6.09. The molecule has 1 unspecified atom stereocenters. The van der Waals surface area contributed by atoms with Crippen molar-refractivity contribution in [1.29, 1.82) is 0 Å². The lowest BCUT2D eigenvalue weighted by atomic mass is 10.1. The number of hydrogen-bond acceptors (Lipinski definition) is 4. The molecule has 0 saturated heterocycles. The lowest BCUT2D eigenvalue weighted by Crippen LogP contribution is -2.35. The van der Waals surface area contributed by atoms with Crippen LogP contribution in [-0.4, -0.2) is 21.8 Å². The van der Waals surface area contributed by atoms with Gasteiger partial charge >= 0.3 is 0 Å². The topological polar surface area (TPSA) is 76.6 Å². The van der Waals surface area contributed by atoms with E-state index in [1.807, 2.05) is 13.0 Å². The Balaban J connectivity index is 1.91. The van der Waals surface area contributed by atoms with Gasteiger partial charge in [0.2, 0.25) is 0 Å². The normalized spacial score (nSPS) is 15.2. The first kappa shape index (κ1) is 15.6. The van der Waals surface area contributed by atoms with E-state index in [9.17, 15) is 14.9 Å². The fraction of sp³-hybridized carbons (Fsp3) is 0.312. The molecule has 1 aliphatic rings. The molecule has 120 valence electrons. The van der Waals surface area contributed by atoms with Crippen molar-refractivity contribution in [3.63, 3.8) is 0 Å². The number of carbonyl (C=O) groups is 1. The second-order valence-electron chi connectivity index (χ2n) is 5.56. The Bertz CT molecular complexity index is 741. The summed E-state index contributed by atoms with van der Waals surface area (Å²) in [6.07, 6.45) is 3.43. The van der Waals surface area contributed by atoms with Gasteiger partial charge in [-0.1, -0.05) is 11.6 Å². The quantitative estimate of drug-likeness (QED) is 0.606. The fourth-order valence-electron chi connectivity index (χ4n) is 2.61. The van der Waals surface area contributed by atoms with Crippen molar-refractivity contribution in [2.75, 3.05) is 0 Å². The second-order valence-corrected chi connectivity index (χ2v) is 5.96. The highest BCUT2D eigenvalue weighted by Crippen LogP contribution is 2.37. The van der Waals surface area contributed by atoms with E-state index < -0.39 is 4.92 Å². The molecular weight excluding hydrogens is 320 g/mol. The molecule has 1 heterocycles. The van der Waals surface area contributed by atoms with Gasteiger partial charge in [0.25, 0.3) is 11.6 Å². The van der Waals surface area contributed by atoms with E-state index >= 15 is 0 Å². The first-order chi connectivity index (χ1) is 11.0. The maximum Gasteiger partial charge on any atom is 0.270 e. The maximum absolute atomic E-state index is 12.9. The molecule has 1 aromatic heterocycles. The Morgan fingerprint density at radius 3 is 2.70 bits per heavy atom. The number of carbonyl (C=O) groups excluding carboxylic acids is 1. The minimum atomic E-state index is -0.537. The zero-order valence-corrected chi connectivity index (χ0v) is 13.2. The number of benzene rings is 1. The summed E-state index contributed by atoms with van der Waals surface area (Å²) in [5, 5.41) is 10.9. The van der Waals surface area contributed by atoms with Gasteiger partial charge in [0.05, 0.1) is 27.8 Å². The van der Waals surface area contributed by atoms with Gasteiger partial charge in [0, 0.05) is 18.2 Å². The van der Waals surface area contributed by atoms with E-state index in [0.717, 1.165) is 12.8 Å². The number of nitro groups is 1. The number of non-ortho nitro benzene ring substituents is 1. The van der Waals surface area contributed by atoms with Gasteiger partial charge in [-0.2, -0.15) is 0 Å². The lowest BCUT2D eigenvalue weighted by molar-refractivity contribution is -0.384. The van der Waals surface area contributed by atoms with Crippen molar-refractivity contribution in [3.05, 3.63) is 63.1 Å². The van der Waals surface area contributed by atoms with Gasteiger partial charge in [0.15, 0.2) is 0 Å². The fourth-order valence-corrected chi connectivity index (χ4v) is 2.86. The summed E-state index contributed by atoms with van der Waals surface area (Å²) in [6.45, 7) is 1.90. The highest BCUT2D eigenvalue weighted by molar-refractivity contribution is 6.34. The standard InChI is InChI=1S/C16H15ClN2O4/c1-10(15-3-2-8-23-15)18(11-4-5-11)16(20)13-7-6-12(19(21)22)9-14(13)17/h2-3,6-11H,4-5H2,1H3. The molecule has 3 rings (SSSR count). The smallest absolute Gasteiger partial charge is 0.270 e. The zero-order valence-electron chi connectivity index (χ0n) is 12.4. The third-order valence-electron chi connectivity index (χ3n) is 3.94. The molecule has 1 aliphatic carbocycles. The lowest BCUT2D eigenvalue weighted by Gasteiger charge is -2.28. The molecule has 1 saturated carbocycles. The number of halogens is 1. The molecule has 1 amide bonds. The van der Waals surface area contributed by atoms with Crippen LogP contribution in [0.15, 0.2) is 41.0 Å². The van der Waals surface area contributed by atoms with Crippen LogP contribution in [0.4, 0.5) is 5.69 Å².